The Labute approximate surface area is 115 Å². The molecule has 1 fully saturated rings. The van der Waals surface area contributed by atoms with Crippen LogP contribution in [0.4, 0.5) is 5.82 Å². The van der Waals surface area contributed by atoms with Gasteiger partial charge in [0.25, 0.3) is 0 Å². The second-order valence-electron chi connectivity index (χ2n) is 5.97. The van der Waals surface area contributed by atoms with Crippen LogP contribution in [0.5, 0.6) is 0 Å². The Kier molecular flexibility index (Phi) is 3.42. The van der Waals surface area contributed by atoms with Crippen molar-refractivity contribution in [3.8, 4) is 6.07 Å². The van der Waals surface area contributed by atoms with Crippen LogP contribution in [-0.4, -0.2) is 11.0 Å². The van der Waals surface area contributed by atoms with E-state index in [1.54, 1.807) is 0 Å². The average molecular weight is 255 g/mol. The van der Waals surface area contributed by atoms with E-state index < -0.39 is 0 Å². The maximum Gasteiger partial charge on any atom is 0.144 e. The number of anilines is 1. The van der Waals surface area contributed by atoms with Gasteiger partial charge in [-0.05, 0) is 56.1 Å². The van der Waals surface area contributed by atoms with Gasteiger partial charge in [0.15, 0.2) is 0 Å². The van der Waals surface area contributed by atoms with E-state index in [0.717, 1.165) is 24.2 Å². The zero-order valence-corrected chi connectivity index (χ0v) is 11.6. The Hall–Kier alpha value is -1.56. The highest BCUT2D eigenvalue weighted by molar-refractivity contribution is 5.55. The number of fused-ring (bicyclic) bond motifs is 1. The molecule has 2 aliphatic rings. The van der Waals surface area contributed by atoms with Gasteiger partial charge in [0, 0.05) is 11.7 Å². The Morgan fingerprint density at radius 2 is 2.11 bits per heavy atom. The summed E-state index contributed by atoms with van der Waals surface area (Å²) in [5.74, 6) is 1.51. The fourth-order valence-corrected chi connectivity index (χ4v) is 3.36. The minimum absolute atomic E-state index is 0.487. The fourth-order valence-electron chi connectivity index (χ4n) is 3.36. The number of nitrogens with zero attached hydrogens (tertiary/aromatic N) is 2. The summed E-state index contributed by atoms with van der Waals surface area (Å²) in [5, 5.41) is 12.9. The molecule has 1 aromatic heterocycles. The Morgan fingerprint density at radius 3 is 2.84 bits per heavy atom. The van der Waals surface area contributed by atoms with Crippen LogP contribution in [0.3, 0.4) is 0 Å². The summed E-state index contributed by atoms with van der Waals surface area (Å²) in [6.07, 6.45) is 8.37. The van der Waals surface area contributed by atoms with E-state index in [-0.39, 0.29) is 0 Å². The molecule has 0 aliphatic heterocycles. The molecule has 1 saturated carbocycles. The van der Waals surface area contributed by atoms with Gasteiger partial charge in [-0.15, -0.1) is 0 Å². The molecule has 2 atom stereocenters. The second-order valence-corrected chi connectivity index (χ2v) is 5.97. The van der Waals surface area contributed by atoms with Gasteiger partial charge in [0.05, 0.1) is 5.56 Å². The standard InChI is InChI=1S/C16H21N3/c1-11-5-4-8-14(11)18-16-13(10-17)9-12-6-2-3-7-15(12)19-16/h9,11,14H,2-8H2,1H3,(H,18,19). The molecule has 3 nitrogen and oxygen atoms in total. The van der Waals surface area contributed by atoms with Crippen LogP contribution in [0.1, 0.15) is 55.8 Å². The van der Waals surface area contributed by atoms with Crippen molar-refractivity contribution in [2.45, 2.75) is 57.9 Å². The van der Waals surface area contributed by atoms with Crippen LogP contribution in [0.2, 0.25) is 0 Å². The summed E-state index contributed by atoms with van der Waals surface area (Å²) in [4.78, 5) is 4.75. The van der Waals surface area contributed by atoms with Crippen LogP contribution in [0.15, 0.2) is 6.07 Å². The highest BCUT2D eigenvalue weighted by Crippen LogP contribution is 2.30. The van der Waals surface area contributed by atoms with E-state index in [2.05, 4.69) is 24.4 Å². The van der Waals surface area contributed by atoms with E-state index in [1.807, 2.05) is 0 Å². The number of rotatable bonds is 2. The van der Waals surface area contributed by atoms with Crippen LogP contribution in [-0.2, 0) is 12.8 Å². The van der Waals surface area contributed by atoms with Gasteiger partial charge in [0.1, 0.15) is 11.9 Å². The van der Waals surface area contributed by atoms with Crippen LogP contribution in [0, 0.1) is 17.2 Å². The van der Waals surface area contributed by atoms with Crippen LogP contribution >= 0.6 is 0 Å². The predicted octanol–water partition coefficient (Wildman–Crippen LogP) is 3.43. The lowest BCUT2D eigenvalue weighted by Gasteiger charge is -2.21. The smallest absolute Gasteiger partial charge is 0.144 e. The lowest BCUT2D eigenvalue weighted by molar-refractivity contribution is 0.554. The second kappa shape index (κ2) is 5.21. The number of hydrogen-bond acceptors (Lipinski definition) is 3. The molecule has 2 aliphatic carbocycles. The summed E-state index contributed by atoms with van der Waals surface area (Å²) in [5.41, 5.74) is 3.21. The van der Waals surface area contributed by atoms with Crippen LogP contribution < -0.4 is 5.32 Å². The first-order valence-corrected chi connectivity index (χ1v) is 7.47. The minimum Gasteiger partial charge on any atom is -0.366 e. The normalized spacial score (nSPS) is 25.7. The van der Waals surface area contributed by atoms with E-state index in [4.69, 9.17) is 4.98 Å². The third-order valence-corrected chi connectivity index (χ3v) is 4.60. The third-order valence-electron chi connectivity index (χ3n) is 4.60. The van der Waals surface area contributed by atoms with Crippen molar-refractivity contribution in [3.63, 3.8) is 0 Å². The topological polar surface area (TPSA) is 48.7 Å². The number of aromatic nitrogens is 1. The maximum absolute atomic E-state index is 9.33. The summed E-state index contributed by atoms with van der Waals surface area (Å²) >= 11 is 0. The molecule has 0 radical (unpaired) electrons. The number of hydrogen-bond donors (Lipinski definition) is 1. The number of aryl methyl sites for hydroxylation is 2. The molecule has 0 aromatic carbocycles. The fraction of sp³-hybridized carbons (Fsp3) is 0.625. The molecule has 2 unspecified atom stereocenters. The molecule has 19 heavy (non-hydrogen) atoms. The van der Waals surface area contributed by atoms with Crippen molar-refractivity contribution in [2.24, 2.45) is 5.92 Å². The lowest BCUT2D eigenvalue weighted by atomic mass is 9.95. The number of nitrogens with one attached hydrogen (secondary N) is 1. The highest BCUT2D eigenvalue weighted by atomic mass is 15.0. The number of nitriles is 1. The SMILES string of the molecule is CC1CCCC1Nc1nc2c(cc1C#N)CCCC2. The van der Waals surface area contributed by atoms with Gasteiger partial charge in [-0.1, -0.05) is 13.3 Å². The van der Waals surface area contributed by atoms with Gasteiger partial charge < -0.3 is 5.32 Å². The predicted molar refractivity (Wildman–Crippen MR) is 76.0 cm³/mol. The van der Waals surface area contributed by atoms with Gasteiger partial charge in [-0.2, -0.15) is 5.26 Å². The van der Waals surface area contributed by atoms with Gasteiger partial charge in [0.2, 0.25) is 0 Å². The summed E-state index contributed by atoms with van der Waals surface area (Å²) < 4.78 is 0. The molecule has 1 heterocycles. The molecular formula is C16H21N3. The molecule has 0 spiro atoms. The van der Waals surface area contributed by atoms with E-state index in [9.17, 15) is 5.26 Å². The first-order valence-electron chi connectivity index (χ1n) is 7.47. The van der Waals surface area contributed by atoms with Crippen molar-refractivity contribution in [3.05, 3.63) is 22.9 Å². The lowest BCUT2D eigenvalue weighted by Crippen LogP contribution is -2.24. The van der Waals surface area contributed by atoms with Crippen molar-refractivity contribution >= 4 is 5.82 Å². The van der Waals surface area contributed by atoms with Crippen molar-refractivity contribution in [2.75, 3.05) is 5.32 Å². The highest BCUT2D eigenvalue weighted by Gasteiger charge is 2.25. The Morgan fingerprint density at radius 1 is 1.26 bits per heavy atom. The van der Waals surface area contributed by atoms with Crippen LogP contribution in [0.25, 0.3) is 0 Å². The summed E-state index contributed by atoms with van der Waals surface area (Å²) in [7, 11) is 0. The third kappa shape index (κ3) is 2.45. The van der Waals surface area contributed by atoms with Crippen molar-refractivity contribution in [1.29, 1.82) is 5.26 Å². The van der Waals surface area contributed by atoms with Gasteiger partial charge >= 0.3 is 0 Å². The van der Waals surface area contributed by atoms with Crippen molar-refractivity contribution in [1.82, 2.24) is 4.98 Å². The summed E-state index contributed by atoms with van der Waals surface area (Å²) in [6, 6.07) is 4.86. The molecule has 1 aromatic rings. The molecular weight excluding hydrogens is 234 g/mol. The van der Waals surface area contributed by atoms with E-state index in [1.165, 1.54) is 43.4 Å². The average Bonchev–Trinajstić information content (AvgIpc) is 2.83. The van der Waals surface area contributed by atoms with E-state index >= 15 is 0 Å². The first kappa shape index (κ1) is 12.5. The zero-order chi connectivity index (χ0) is 13.2. The Balaban J connectivity index is 1.89. The molecule has 0 saturated heterocycles. The summed E-state index contributed by atoms with van der Waals surface area (Å²) in [6.45, 7) is 2.29. The molecule has 3 rings (SSSR count). The first-order chi connectivity index (χ1) is 9.28. The quantitative estimate of drug-likeness (QED) is 0.880. The molecule has 1 N–H and O–H groups in total. The van der Waals surface area contributed by atoms with Crippen molar-refractivity contribution < 1.29 is 0 Å². The zero-order valence-electron chi connectivity index (χ0n) is 11.6. The minimum atomic E-state index is 0.487. The van der Waals surface area contributed by atoms with Gasteiger partial charge in [-0.25, -0.2) is 4.98 Å². The molecule has 100 valence electrons. The Bertz CT molecular complexity index is 515. The molecule has 3 heteroatoms. The largest absolute Gasteiger partial charge is 0.366 e. The maximum atomic E-state index is 9.33. The monoisotopic (exact) mass is 255 g/mol. The van der Waals surface area contributed by atoms with E-state index in [0.29, 0.717) is 12.0 Å². The number of pyridine rings is 1. The molecule has 0 amide bonds. The van der Waals surface area contributed by atoms with Gasteiger partial charge in [-0.3, -0.25) is 0 Å². The molecule has 0 bridgehead atoms.